The predicted molar refractivity (Wildman–Crippen MR) is 103 cm³/mol. The lowest BCUT2D eigenvalue weighted by molar-refractivity contribution is -0.175. The summed E-state index contributed by atoms with van der Waals surface area (Å²) in [6, 6.07) is 10.2. The molecule has 0 radical (unpaired) electrons. The Balaban J connectivity index is 1.31. The Labute approximate surface area is 161 Å². The standard InChI is InChI=1S/C23H31NO3/c1-16-13-24(14-20(27-16)19-5-3-2-4-6-19)21(25)12-22-8-17-7-18(9-22)11-23(26,10-17)15-22/h2-6,16-18,20,26H,7-15H2,1H3/t16-,17+,18+,20-,22?,23?/m0/s1. The van der Waals surface area contributed by atoms with Gasteiger partial charge in [0.25, 0.3) is 0 Å². The topological polar surface area (TPSA) is 49.8 Å². The van der Waals surface area contributed by atoms with Crippen molar-refractivity contribution in [3.63, 3.8) is 0 Å². The highest BCUT2D eigenvalue weighted by atomic mass is 16.5. The van der Waals surface area contributed by atoms with Gasteiger partial charge in [-0.15, -0.1) is 0 Å². The Hall–Kier alpha value is -1.39. The average molecular weight is 370 g/mol. The number of amides is 1. The summed E-state index contributed by atoms with van der Waals surface area (Å²) >= 11 is 0. The second-order valence-electron chi connectivity index (χ2n) is 10.0. The molecule has 4 bridgehead atoms. The lowest BCUT2D eigenvalue weighted by Crippen LogP contribution is -2.57. The van der Waals surface area contributed by atoms with Crippen molar-refractivity contribution in [1.29, 1.82) is 0 Å². The number of benzene rings is 1. The van der Waals surface area contributed by atoms with Gasteiger partial charge >= 0.3 is 0 Å². The Bertz CT molecular complexity index is 704. The first-order valence-electron chi connectivity index (χ1n) is 10.6. The highest BCUT2D eigenvalue weighted by Crippen LogP contribution is 2.62. The average Bonchev–Trinajstić information content (AvgIpc) is 2.59. The molecule has 1 aliphatic heterocycles. The zero-order chi connectivity index (χ0) is 18.6. The molecule has 5 aliphatic rings. The van der Waals surface area contributed by atoms with Crippen LogP contribution in [0.25, 0.3) is 0 Å². The van der Waals surface area contributed by atoms with Gasteiger partial charge in [0, 0.05) is 13.0 Å². The number of carbonyl (C=O) groups is 1. The molecular weight excluding hydrogens is 338 g/mol. The summed E-state index contributed by atoms with van der Waals surface area (Å²) in [7, 11) is 0. The van der Waals surface area contributed by atoms with E-state index >= 15 is 0 Å². The molecular formula is C23H31NO3. The Morgan fingerprint density at radius 2 is 1.85 bits per heavy atom. The fourth-order valence-corrected chi connectivity index (χ4v) is 7.05. The maximum atomic E-state index is 13.3. The number of ether oxygens (including phenoxy) is 1. The van der Waals surface area contributed by atoms with E-state index in [0.717, 1.165) is 37.7 Å². The van der Waals surface area contributed by atoms with Gasteiger partial charge in [0.2, 0.25) is 5.91 Å². The smallest absolute Gasteiger partial charge is 0.223 e. The van der Waals surface area contributed by atoms with Gasteiger partial charge in [0.15, 0.2) is 0 Å². The molecule has 4 aliphatic carbocycles. The molecule has 0 unspecified atom stereocenters. The van der Waals surface area contributed by atoms with Crippen LogP contribution in [-0.2, 0) is 9.53 Å². The van der Waals surface area contributed by atoms with E-state index in [-0.39, 0.29) is 23.5 Å². The molecule has 4 saturated carbocycles. The quantitative estimate of drug-likeness (QED) is 0.884. The van der Waals surface area contributed by atoms with Crippen LogP contribution in [0, 0.1) is 17.3 Å². The largest absolute Gasteiger partial charge is 0.390 e. The molecule has 4 nitrogen and oxygen atoms in total. The minimum Gasteiger partial charge on any atom is -0.390 e. The Morgan fingerprint density at radius 3 is 2.52 bits per heavy atom. The number of morpholine rings is 1. The van der Waals surface area contributed by atoms with Gasteiger partial charge in [-0.3, -0.25) is 4.79 Å². The molecule has 0 aromatic heterocycles. The highest BCUT2D eigenvalue weighted by Gasteiger charge is 2.57. The predicted octanol–water partition coefficient (Wildman–Crippen LogP) is 3.70. The van der Waals surface area contributed by atoms with Crippen molar-refractivity contribution >= 4 is 5.91 Å². The summed E-state index contributed by atoms with van der Waals surface area (Å²) in [6.07, 6.45) is 6.92. The normalized spacial score (nSPS) is 43.1. The highest BCUT2D eigenvalue weighted by molar-refractivity contribution is 5.77. The summed E-state index contributed by atoms with van der Waals surface area (Å²) in [5, 5.41) is 11.0. The molecule has 146 valence electrons. The van der Waals surface area contributed by atoms with Crippen molar-refractivity contribution in [1.82, 2.24) is 4.90 Å². The van der Waals surface area contributed by atoms with E-state index in [1.54, 1.807) is 0 Å². The zero-order valence-electron chi connectivity index (χ0n) is 16.3. The molecule has 1 N–H and O–H groups in total. The van der Waals surface area contributed by atoms with Crippen molar-refractivity contribution in [2.75, 3.05) is 13.1 Å². The molecule has 0 spiro atoms. The van der Waals surface area contributed by atoms with Gasteiger partial charge < -0.3 is 14.7 Å². The molecule has 4 heteroatoms. The molecule has 5 fully saturated rings. The van der Waals surface area contributed by atoms with Crippen LogP contribution < -0.4 is 0 Å². The van der Waals surface area contributed by atoms with Crippen molar-refractivity contribution < 1.29 is 14.6 Å². The minimum atomic E-state index is -0.491. The number of nitrogens with zero attached hydrogens (tertiary/aromatic N) is 1. The second kappa shape index (κ2) is 6.31. The summed E-state index contributed by atoms with van der Waals surface area (Å²) in [6.45, 7) is 3.37. The minimum absolute atomic E-state index is 0.0414. The van der Waals surface area contributed by atoms with E-state index in [4.69, 9.17) is 4.74 Å². The van der Waals surface area contributed by atoms with Crippen LogP contribution in [0.1, 0.15) is 63.5 Å². The number of aliphatic hydroxyl groups is 1. The molecule has 1 aromatic rings. The van der Waals surface area contributed by atoms with E-state index in [1.165, 1.54) is 6.42 Å². The van der Waals surface area contributed by atoms with Crippen molar-refractivity contribution in [3.8, 4) is 0 Å². The third kappa shape index (κ3) is 3.31. The van der Waals surface area contributed by atoms with Gasteiger partial charge in [-0.25, -0.2) is 0 Å². The van der Waals surface area contributed by atoms with Crippen LogP contribution in [0.5, 0.6) is 0 Å². The monoisotopic (exact) mass is 369 g/mol. The van der Waals surface area contributed by atoms with E-state index in [2.05, 4.69) is 19.1 Å². The fraction of sp³-hybridized carbons (Fsp3) is 0.696. The van der Waals surface area contributed by atoms with Gasteiger partial charge in [-0.1, -0.05) is 30.3 Å². The van der Waals surface area contributed by atoms with Crippen molar-refractivity contribution in [2.24, 2.45) is 17.3 Å². The van der Waals surface area contributed by atoms with Gasteiger partial charge in [0.1, 0.15) is 6.10 Å². The molecule has 27 heavy (non-hydrogen) atoms. The van der Waals surface area contributed by atoms with Gasteiger partial charge in [0.05, 0.1) is 18.2 Å². The SMILES string of the molecule is C[C@H]1CN(C(=O)CC23C[C@H]4C[C@@H](CC(O)(C4)C2)C3)C[C@@H](c2ccccc2)O1. The maximum absolute atomic E-state index is 13.3. The number of rotatable bonds is 3. The van der Waals surface area contributed by atoms with Crippen LogP contribution in [0.15, 0.2) is 30.3 Å². The summed E-state index contributed by atoms with van der Waals surface area (Å²) in [5.41, 5.74) is 0.695. The van der Waals surface area contributed by atoms with Gasteiger partial charge in [-0.2, -0.15) is 0 Å². The fourth-order valence-electron chi connectivity index (χ4n) is 7.05. The van der Waals surface area contributed by atoms with Crippen molar-refractivity contribution in [3.05, 3.63) is 35.9 Å². The molecule has 1 aromatic carbocycles. The first-order chi connectivity index (χ1) is 12.9. The van der Waals surface area contributed by atoms with Crippen molar-refractivity contribution in [2.45, 2.75) is 69.7 Å². The van der Waals surface area contributed by atoms with Crippen LogP contribution in [0.3, 0.4) is 0 Å². The van der Waals surface area contributed by atoms with Crippen LogP contribution >= 0.6 is 0 Å². The summed E-state index contributed by atoms with van der Waals surface area (Å²) in [4.78, 5) is 15.3. The van der Waals surface area contributed by atoms with Crippen LogP contribution in [0.4, 0.5) is 0 Å². The van der Waals surface area contributed by atoms with E-state index in [9.17, 15) is 9.90 Å². The molecule has 1 heterocycles. The van der Waals surface area contributed by atoms with Gasteiger partial charge in [-0.05, 0) is 68.3 Å². The van der Waals surface area contributed by atoms with Crippen LogP contribution in [0.2, 0.25) is 0 Å². The molecule has 6 rings (SSSR count). The maximum Gasteiger partial charge on any atom is 0.223 e. The first kappa shape index (κ1) is 17.7. The second-order valence-corrected chi connectivity index (χ2v) is 10.0. The number of hydrogen-bond acceptors (Lipinski definition) is 3. The molecule has 1 saturated heterocycles. The summed E-state index contributed by atoms with van der Waals surface area (Å²) < 4.78 is 6.13. The third-order valence-electron chi connectivity index (χ3n) is 7.46. The number of carbonyl (C=O) groups excluding carboxylic acids is 1. The molecule has 1 amide bonds. The Morgan fingerprint density at radius 1 is 1.15 bits per heavy atom. The lowest BCUT2D eigenvalue weighted by atomic mass is 9.47. The van der Waals surface area contributed by atoms with E-state index < -0.39 is 5.60 Å². The summed E-state index contributed by atoms with van der Waals surface area (Å²) in [5.74, 6) is 1.52. The van der Waals surface area contributed by atoms with E-state index in [0.29, 0.717) is 31.3 Å². The van der Waals surface area contributed by atoms with Crippen LogP contribution in [-0.4, -0.2) is 40.7 Å². The number of hydrogen-bond donors (Lipinski definition) is 1. The first-order valence-corrected chi connectivity index (χ1v) is 10.6. The third-order valence-corrected chi connectivity index (χ3v) is 7.46. The molecule has 4 atom stereocenters. The zero-order valence-corrected chi connectivity index (χ0v) is 16.3. The lowest BCUT2D eigenvalue weighted by Gasteiger charge is -2.60. The van der Waals surface area contributed by atoms with E-state index in [1.807, 2.05) is 23.1 Å². The Kier molecular flexibility index (Phi) is 4.14.